The number of nitrogens with one attached hydrogen (secondary N) is 1. The number of ether oxygens (including phenoxy) is 1. The summed E-state index contributed by atoms with van der Waals surface area (Å²) in [6.07, 6.45) is 0. The number of fused-ring (bicyclic) bond motifs is 1. The molecule has 1 aromatic heterocycles. The van der Waals surface area contributed by atoms with Gasteiger partial charge in [0.15, 0.2) is 6.61 Å². The van der Waals surface area contributed by atoms with Crippen LogP contribution in [-0.2, 0) is 4.79 Å². The molecule has 0 saturated carbocycles. The average molecular weight is 278 g/mol. The van der Waals surface area contributed by atoms with E-state index in [1.165, 1.54) is 11.8 Å². The molecule has 1 amide bonds. The number of aromatic nitrogens is 2. The van der Waals surface area contributed by atoms with Gasteiger partial charge in [-0.15, -0.1) is 10.2 Å². The van der Waals surface area contributed by atoms with Gasteiger partial charge in [0, 0.05) is 23.6 Å². The molecular formula is C11H10N4O3S. The molecule has 0 fully saturated rings. The van der Waals surface area contributed by atoms with Crippen molar-refractivity contribution in [2.45, 2.75) is 17.0 Å². The molecule has 3 N–H and O–H groups in total. The number of amides is 1. The lowest BCUT2D eigenvalue weighted by Gasteiger charge is -2.19. The Morgan fingerprint density at radius 3 is 3.00 bits per heavy atom. The van der Waals surface area contributed by atoms with Crippen LogP contribution in [0.3, 0.4) is 0 Å². The number of hydrogen-bond donors (Lipinski definition) is 2. The van der Waals surface area contributed by atoms with Crippen LogP contribution in [0, 0.1) is 6.92 Å². The van der Waals surface area contributed by atoms with Gasteiger partial charge in [-0.05, 0) is 17.8 Å². The summed E-state index contributed by atoms with van der Waals surface area (Å²) in [7, 11) is 0. The fourth-order valence-corrected chi connectivity index (χ4v) is 2.41. The Morgan fingerprint density at radius 1 is 1.42 bits per heavy atom. The summed E-state index contributed by atoms with van der Waals surface area (Å²) in [4.78, 5) is 12.0. The van der Waals surface area contributed by atoms with Crippen LogP contribution in [0.2, 0.25) is 0 Å². The van der Waals surface area contributed by atoms with E-state index in [2.05, 4.69) is 15.5 Å². The second-order valence-corrected chi connectivity index (χ2v) is 4.91. The lowest BCUT2D eigenvalue weighted by molar-refractivity contribution is -0.118. The van der Waals surface area contributed by atoms with Crippen molar-refractivity contribution in [1.29, 1.82) is 0 Å². The molecule has 98 valence electrons. The molecule has 3 rings (SSSR count). The standard InChI is InChI=1S/C11H10N4O3S/c1-5-14-15-11(18-5)19-9-3-7-8(2-6(9)12)17-4-10(16)13-7/h2-3H,4,12H2,1H3,(H,13,16). The van der Waals surface area contributed by atoms with Crippen molar-refractivity contribution in [3.63, 3.8) is 0 Å². The van der Waals surface area contributed by atoms with Gasteiger partial charge in [-0.3, -0.25) is 4.79 Å². The van der Waals surface area contributed by atoms with Crippen molar-refractivity contribution in [3.05, 3.63) is 18.0 Å². The van der Waals surface area contributed by atoms with Gasteiger partial charge in [-0.25, -0.2) is 0 Å². The number of nitrogen functional groups attached to an aromatic ring is 1. The molecule has 8 heteroatoms. The van der Waals surface area contributed by atoms with Crippen LogP contribution in [0.15, 0.2) is 26.7 Å². The highest BCUT2D eigenvalue weighted by atomic mass is 32.2. The number of hydrogen-bond acceptors (Lipinski definition) is 7. The number of benzene rings is 1. The monoisotopic (exact) mass is 278 g/mol. The highest BCUT2D eigenvalue weighted by Gasteiger charge is 2.19. The highest BCUT2D eigenvalue weighted by Crippen LogP contribution is 2.39. The van der Waals surface area contributed by atoms with Crippen LogP contribution in [0.1, 0.15) is 5.89 Å². The first kappa shape index (κ1) is 11.8. The van der Waals surface area contributed by atoms with Crippen LogP contribution in [0.5, 0.6) is 5.75 Å². The molecule has 0 spiro atoms. The maximum Gasteiger partial charge on any atom is 0.281 e. The fourth-order valence-electron chi connectivity index (χ4n) is 1.62. The van der Waals surface area contributed by atoms with E-state index in [1.807, 2.05) is 0 Å². The maximum absolute atomic E-state index is 11.3. The molecule has 0 atom stereocenters. The van der Waals surface area contributed by atoms with Gasteiger partial charge < -0.3 is 20.2 Å². The minimum Gasteiger partial charge on any atom is -0.482 e. The van der Waals surface area contributed by atoms with E-state index in [0.717, 1.165) is 0 Å². The largest absolute Gasteiger partial charge is 0.482 e. The number of carbonyl (C=O) groups excluding carboxylic acids is 1. The molecule has 0 aliphatic carbocycles. The quantitative estimate of drug-likeness (QED) is 0.801. The highest BCUT2D eigenvalue weighted by molar-refractivity contribution is 7.99. The van der Waals surface area contributed by atoms with E-state index in [9.17, 15) is 4.79 Å². The number of rotatable bonds is 2. The molecule has 0 radical (unpaired) electrons. The number of nitrogens with two attached hydrogens (primary N) is 1. The van der Waals surface area contributed by atoms with E-state index in [-0.39, 0.29) is 12.5 Å². The molecule has 2 aromatic rings. The van der Waals surface area contributed by atoms with Gasteiger partial charge in [-0.2, -0.15) is 0 Å². The predicted molar refractivity (Wildman–Crippen MR) is 68.1 cm³/mol. The second kappa shape index (κ2) is 4.47. The van der Waals surface area contributed by atoms with E-state index < -0.39 is 0 Å². The molecule has 19 heavy (non-hydrogen) atoms. The predicted octanol–water partition coefficient (Wildman–Crippen LogP) is 1.44. The third-order valence-electron chi connectivity index (χ3n) is 2.45. The first-order valence-electron chi connectivity index (χ1n) is 5.46. The minimum absolute atomic E-state index is 0.00177. The molecule has 0 unspecified atom stereocenters. The Hall–Kier alpha value is -2.22. The Morgan fingerprint density at radius 2 is 2.26 bits per heavy atom. The number of aryl methyl sites for hydroxylation is 1. The molecule has 1 aliphatic rings. The topological polar surface area (TPSA) is 103 Å². The molecule has 1 aliphatic heterocycles. The van der Waals surface area contributed by atoms with Gasteiger partial charge in [0.25, 0.3) is 11.1 Å². The van der Waals surface area contributed by atoms with Crippen molar-refractivity contribution in [3.8, 4) is 5.75 Å². The number of carbonyl (C=O) groups is 1. The van der Waals surface area contributed by atoms with Crippen LogP contribution < -0.4 is 15.8 Å². The molecule has 2 heterocycles. The molecular weight excluding hydrogens is 268 g/mol. The van der Waals surface area contributed by atoms with E-state index in [0.29, 0.717) is 33.1 Å². The lowest BCUT2D eigenvalue weighted by atomic mass is 10.2. The summed E-state index contributed by atoms with van der Waals surface area (Å²) in [5.74, 6) is 0.848. The van der Waals surface area contributed by atoms with E-state index in [4.69, 9.17) is 14.9 Å². The lowest BCUT2D eigenvalue weighted by Crippen LogP contribution is -2.25. The van der Waals surface area contributed by atoms with Crippen molar-refractivity contribution in [2.75, 3.05) is 17.7 Å². The third kappa shape index (κ3) is 2.34. The molecule has 0 saturated heterocycles. The summed E-state index contributed by atoms with van der Waals surface area (Å²) in [5, 5.41) is 10.7. The normalized spacial score (nSPS) is 13.6. The van der Waals surface area contributed by atoms with Crippen LogP contribution in [0.25, 0.3) is 0 Å². The summed E-state index contributed by atoms with van der Waals surface area (Å²) < 4.78 is 10.5. The Balaban J connectivity index is 1.93. The number of anilines is 2. The second-order valence-electron chi connectivity index (χ2n) is 3.91. The van der Waals surface area contributed by atoms with Gasteiger partial charge in [0.05, 0.1) is 5.69 Å². The summed E-state index contributed by atoms with van der Waals surface area (Å²) in [6, 6.07) is 3.40. The Kier molecular flexibility index (Phi) is 2.79. The fraction of sp³-hybridized carbons (Fsp3) is 0.182. The smallest absolute Gasteiger partial charge is 0.281 e. The zero-order valence-electron chi connectivity index (χ0n) is 9.97. The third-order valence-corrected chi connectivity index (χ3v) is 3.36. The first-order valence-corrected chi connectivity index (χ1v) is 6.27. The molecule has 1 aromatic carbocycles. The zero-order valence-corrected chi connectivity index (χ0v) is 10.8. The van der Waals surface area contributed by atoms with Crippen molar-refractivity contribution < 1.29 is 13.9 Å². The van der Waals surface area contributed by atoms with Gasteiger partial charge in [0.1, 0.15) is 5.75 Å². The van der Waals surface area contributed by atoms with Crippen molar-refractivity contribution in [1.82, 2.24) is 10.2 Å². The minimum atomic E-state index is -0.193. The summed E-state index contributed by atoms with van der Waals surface area (Å²) in [6.45, 7) is 1.71. The summed E-state index contributed by atoms with van der Waals surface area (Å²) in [5.41, 5.74) is 7.04. The van der Waals surface area contributed by atoms with E-state index in [1.54, 1.807) is 19.1 Å². The Bertz CT molecular complexity index is 655. The SMILES string of the molecule is Cc1nnc(Sc2cc3c(cc2N)OCC(=O)N3)o1. The summed E-state index contributed by atoms with van der Waals surface area (Å²) >= 11 is 1.24. The first-order chi connectivity index (χ1) is 9.11. The van der Waals surface area contributed by atoms with Gasteiger partial charge in [-0.1, -0.05) is 0 Å². The molecule has 7 nitrogen and oxygen atoms in total. The van der Waals surface area contributed by atoms with Crippen molar-refractivity contribution >= 4 is 29.0 Å². The Labute approximate surface area is 112 Å². The van der Waals surface area contributed by atoms with Crippen LogP contribution in [0.4, 0.5) is 11.4 Å². The molecule has 0 bridgehead atoms. The van der Waals surface area contributed by atoms with Crippen LogP contribution >= 0.6 is 11.8 Å². The maximum atomic E-state index is 11.3. The number of nitrogens with zero attached hydrogens (tertiary/aromatic N) is 2. The zero-order chi connectivity index (χ0) is 13.4. The van der Waals surface area contributed by atoms with Crippen molar-refractivity contribution in [2.24, 2.45) is 0 Å². The average Bonchev–Trinajstić information content (AvgIpc) is 2.76. The van der Waals surface area contributed by atoms with E-state index >= 15 is 0 Å². The van der Waals surface area contributed by atoms with Gasteiger partial charge in [0.2, 0.25) is 5.89 Å². The van der Waals surface area contributed by atoms with Crippen LogP contribution in [-0.4, -0.2) is 22.7 Å². The van der Waals surface area contributed by atoms with Gasteiger partial charge >= 0.3 is 0 Å².